The van der Waals surface area contributed by atoms with Gasteiger partial charge in [0.2, 0.25) is 10.0 Å². The number of aryl methyl sites for hydroxylation is 2. The first kappa shape index (κ1) is 16.1. The van der Waals surface area contributed by atoms with E-state index >= 15 is 0 Å². The highest BCUT2D eigenvalue weighted by Crippen LogP contribution is 2.23. The molecule has 1 rings (SSSR count). The Morgan fingerprint density at radius 3 is 2.37 bits per heavy atom. The molecule has 0 saturated heterocycles. The summed E-state index contributed by atoms with van der Waals surface area (Å²) in [5, 5.41) is 3.07. The zero-order chi connectivity index (χ0) is 14.6. The fourth-order valence-electron chi connectivity index (χ4n) is 2.14. The maximum absolute atomic E-state index is 12.5. The highest BCUT2D eigenvalue weighted by Gasteiger charge is 2.23. The molecule has 1 N–H and O–H groups in total. The van der Waals surface area contributed by atoms with E-state index in [9.17, 15) is 8.42 Å². The molecule has 0 fully saturated rings. The van der Waals surface area contributed by atoms with Crippen LogP contribution >= 0.6 is 0 Å². The van der Waals surface area contributed by atoms with Crippen molar-refractivity contribution in [3.63, 3.8) is 0 Å². The van der Waals surface area contributed by atoms with E-state index in [-0.39, 0.29) is 0 Å². The minimum absolute atomic E-state index is 0.416. The van der Waals surface area contributed by atoms with Crippen molar-refractivity contribution >= 4 is 10.0 Å². The van der Waals surface area contributed by atoms with Crippen LogP contribution in [0.25, 0.3) is 0 Å². The van der Waals surface area contributed by atoms with E-state index in [4.69, 9.17) is 0 Å². The molecule has 0 aliphatic heterocycles. The van der Waals surface area contributed by atoms with Crippen molar-refractivity contribution in [3.8, 4) is 0 Å². The molecule has 0 radical (unpaired) electrons. The molecule has 0 heterocycles. The maximum Gasteiger partial charge on any atom is 0.243 e. The standard InChI is InChI=1S/C14H24N2O2S/c1-6-7-16(5)19(17,18)14-9-13(10-15-4)11(2)8-12(14)3/h8-9,15H,6-7,10H2,1-5H3. The quantitative estimate of drug-likeness (QED) is 0.870. The maximum atomic E-state index is 12.5. The molecule has 0 saturated carbocycles. The van der Waals surface area contributed by atoms with Crippen molar-refractivity contribution in [1.82, 2.24) is 9.62 Å². The number of rotatable bonds is 6. The van der Waals surface area contributed by atoms with E-state index in [1.165, 1.54) is 4.31 Å². The van der Waals surface area contributed by atoms with Gasteiger partial charge in [0.1, 0.15) is 0 Å². The summed E-state index contributed by atoms with van der Waals surface area (Å²) in [4.78, 5) is 0.416. The number of sulfonamides is 1. The van der Waals surface area contributed by atoms with E-state index in [1.807, 2.05) is 33.9 Å². The van der Waals surface area contributed by atoms with E-state index in [0.717, 1.165) is 23.1 Å². The molecule has 0 spiro atoms. The largest absolute Gasteiger partial charge is 0.316 e. The van der Waals surface area contributed by atoms with E-state index < -0.39 is 10.0 Å². The first-order chi connectivity index (χ1) is 8.84. The Morgan fingerprint density at radius 1 is 1.21 bits per heavy atom. The summed E-state index contributed by atoms with van der Waals surface area (Å²) < 4.78 is 26.5. The monoisotopic (exact) mass is 284 g/mol. The van der Waals surface area contributed by atoms with Crippen LogP contribution in [0.3, 0.4) is 0 Å². The number of nitrogens with one attached hydrogen (secondary N) is 1. The molecule has 0 bridgehead atoms. The van der Waals surface area contributed by atoms with Crippen LogP contribution in [0, 0.1) is 13.8 Å². The summed E-state index contributed by atoms with van der Waals surface area (Å²) >= 11 is 0. The predicted octanol–water partition coefficient (Wildman–Crippen LogP) is 2.05. The van der Waals surface area contributed by atoms with Crippen LogP contribution in [-0.4, -0.2) is 33.4 Å². The lowest BCUT2D eigenvalue weighted by molar-refractivity contribution is 0.468. The average Bonchev–Trinajstić information content (AvgIpc) is 2.32. The summed E-state index contributed by atoms with van der Waals surface area (Å²) in [7, 11) is 0.109. The van der Waals surface area contributed by atoms with Gasteiger partial charge in [0.05, 0.1) is 4.90 Å². The third-order valence-electron chi connectivity index (χ3n) is 3.23. The molecular weight excluding hydrogens is 260 g/mol. The van der Waals surface area contributed by atoms with Crippen LogP contribution < -0.4 is 5.32 Å². The topological polar surface area (TPSA) is 49.4 Å². The molecule has 5 heteroatoms. The van der Waals surface area contributed by atoms with Crippen molar-refractivity contribution < 1.29 is 8.42 Å². The molecular formula is C14H24N2O2S. The number of benzene rings is 1. The SMILES string of the molecule is CCCN(C)S(=O)(=O)c1cc(CNC)c(C)cc1C. The second kappa shape index (κ2) is 6.50. The number of hydrogen-bond acceptors (Lipinski definition) is 3. The van der Waals surface area contributed by atoms with Crippen LogP contribution in [0.2, 0.25) is 0 Å². The molecule has 0 atom stereocenters. The van der Waals surface area contributed by atoms with E-state index in [1.54, 1.807) is 13.1 Å². The van der Waals surface area contributed by atoms with E-state index in [2.05, 4.69) is 5.32 Å². The second-order valence-corrected chi connectivity index (χ2v) is 6.91. The first-order valence-corrected chi connectivity index (χ1v) is 7.99. The van der Waals surface area contributed by atoms with Crippen molar-refractivity contribution in [2.45, 2.75) is 38.6 Å². The van der Waals surface area contributed by atoms with Crippen molar-refractivity contribution in [3.05, 3.63) is 28.8 Å². The van der Waals surface area contributed by atoms with Gasteiger partial charge in [0.15, 0.2) is 0 Å². The Labute approximate surface area is 116 Å². The van der Waals surface area contributed by atoms with Crippen LogP contribution in [0.5, 0.6) is 0 Å². The summed E-state index contributed by atoms with van der Waals surface area (Å²) in [5.41, 5.74) is 2.95. The Balaban J connectivity index is 3.30. The van der Waals surface area contributed by atoms with Crippen LogP contribution in [-0.2, 0) is 16.6 Å². The van der Waals surface area contributed by atoms with Gasteiger partial charge in [-0.05, 0) is 50.1 Å². The molecule has 0 amide bonds. The highest BCUT2D eigenvalue weighted by molar-refractivity contribution is 7.89. The van der Waals surface area contributed by atoms with Gasteiger partial charge in [0.25, 0.3) is 0 Å². The van der Waals surface area contributed by atoms with Gasteiger partial charge in [-0.15, -0.1) is 0 Å². The van der Waals surface area contributed by atoms with Gasteiger partial charge in [-0.1, -0.05) is 13.0 Å². The average molecular weight is 284 g/mol. The summed E-state index contributed by atoms with van der Waals surface area (Å²) in [6, 6.07) is 3.74. The Morgan fingerprint density at radius 2 is 1.84 bits per heavy atom. The zero-order valence-electron chi connectivity index (χ0n) is 12.4. The predicted molar refractivity (Wildman–Crippen MR) is 78.8 cm³/mol. The highest BCUT2D eigenvalue weighted by atomic mass is 32.2. The molecule has 4 nitrogen and oxygen atoms in total. The third kappa shape index (κ3) is 3.55. The Kier molecular flexibility index (Phi) is 5.52. The number of nitrogens with zero attached hydrogens (tertiary/aromatic N) is 1. The molecule has 0 aliphatic carbocycles. The molecule has 19 heavy (non-hydrogen) atoms. The van der Waals surface area contributed by atoms with Crippen molar-refractivity contribution in [2.75, 3.05) is 20.6 Å². The molecule has 0 aliphatic rings. The van der Waals surface area contributed by atoms with Crippen LogP contribution in [0.1, 0.15) is 30.0 Å². The van der Waals surface area contributed by atoms with Gasteiger partial charge < -0.3 is 5.32 Å². The first-order valence-electron chi connectivity index (χ1n) is 6.55. The summed E-state index contributed by atoms with van der Waals surface area (Å²) in [5.74, 6) is 0. The molecule has 0 unspecified atom stereocenters. The Bertz CT molecular complexity index is 539. The molecule has 108 valence electrons. The minimum atomic E-state index is -3.38. The van der Waals surface area contributed by atoms with E-state index in [0.29, 0.717) is 18.0 Å². The third-order valence-corrected chi connectivity index (χ3v) is 5.23. The van der Waals surface area contributed by atoms with Crippen LogP contribution in [0.15, 0.2) is 17.0 Å². The van der Waals surface area contributed by atoms with Gasteiger partial charge in [-0.3, -0.25) is 0 Å². The molecule has 0 aromatic heterocycles. The summed E-state index contributed by atoms with van der Waals surface area (Å²) in [6.07, 6.45) is 0.810. The van der Waals surface area contributed by atoms with Gasteiger partial charge in [-0.25, -0.2) is 12.7 Å². The number of hydrogen-bond donors (Lipinski definition) is 1. The lowest BCUT2D eigenvalue weighted by atomic mass is 10.1. The minimum Gasteiger partial charge on any atom is -0.316 e. The fourth-order valence-corrected chi connectivity index (χ4v) is 3.65. The van der Waals surface area contributed by atoms with Crippen molar-refractivity contribution in [1.29, 1.82) is 0 Å². The fraction of sp³-hybridized carbons (Fsp3) is 0.571. The summed E-state index contributed by atoms with van der Waals surface area (Å²) in [6.45, 7) is 7.04. The van der Waals surface area contributed by atoms with Crippen LogP contribution in [0.4, 0.5) is 0 Å². The smallest absolute Gasteiger partial charge is 0.243 e. The van der Waals surface area contributed by atoms with Crippen molar-refractivity contribution in [2.24, 2.45) is 0 Å². The van der Waals surface area contributed by atoms with Gasteiger partial charge >= 0.3 is 0 Å². The lowest BCUT2D eigenvalue weighted by Gasteiger charge is -2.19. The lowest BCUT2D eigenvalue weighted by Crippen LogP contribution is -2.28. The Hall–Kier alpha value is -0.910. The molecule has 1 aromatic rings. The van der Waals surface area contributed by atoms with Gasteiger partial charge in [-0.2, -0.15) is 0 Å². The second-order valence-electron chi connectivity index (χ2n) is 4.90. The normalized spacial score (nSPS) is 12.1. The molecule has 1 aromatic carbocycles. The van der Waals surface area contributed by atoms with Gasteiger partial charge in [0, 0.05) is 20.1 Å². The zero-order valence-corrected chi connectivity index (χ0v) is 13.3.